The van der Waals surface area contributed by atoms with Crippen molar-refractivity contribution >= 4 is 12.0 Å². The van der Waals surface area contributed by atoms with Gasteiger partial charge in [-0.1, -0.05) is 0 Å². The fourth-order valence-corrected chi connectivity index (χ4v) is 1.90. The second-order valence-electron chi connectivity index (χ2n) is 6.05. The Balaban J connectivity index is 2.85. The molecular formula is C15H21F2N3O3. The topological polar surface area (TPSA) is 93.4 Å². The highest BCUT2D eigenvalue weighted by atomic mass is 19.1. The summed E-state index contributed by atoms with van der Waals surface area (Å²) in [6, 6.07) is 2.18. The maximum Gasteiger partial charge on any atom is 0.407 e. The molecule has 0 saturated carbocycles. The van der Waals surface area contributed by atoms with Crippen LogP contribution >= 0.6 is 0 Å². The van der Waals surface area contributed by atoms with E-state index in [0.29, 0.717) is 0 Å². The zero-order valence-corrected chi connectivity index (χ0v) is 13.3. The molecule has 128 valence electrons. The van der Waals surface area contributed by atoms with Crippen LogP contribution in [0.3, 0.4) is 0 Å². The van der Waals surface area contributed by atoms with Crippen LogP contribution < -0.4 is 16.6 Å². The molecule has 0 heterocycles. The molecule has 1 rings (SSSR count). The summed E-state index contributed by atoms with van der Waals surface area (Å²) in [7, 11) is 0. The van der Waals surface area contributed by atoms with Gasteiger partial charge in [0.2, 0.25) is 5.91 Å². The fourth-order valence-electron chi connectivity index (χ4n) is 1.90. The second-order valence-corrected chi connectivity index (χ2v) is 6.05. The molecule has 8 heteroatoms. The van der Waals surface area contributed by atoms with Gasteiger partial charge in [0.1, 0.15) is 17.2 Å². The Morgan fingerprint density at radius 1 is 1.30 bits per heavy atom. The Labute approximate surface area is 133 Å². The zero-order chi connectivity index (χ0) is 17.6. The molecular weight excluding hydrogens is 308 g/mol. The van der Waals surface area contributed by atoms with Crippen molar-refractivity contribution < 1.29 is 23.1 Å². The van der Waals surface area contributed by atoms with Crippen molar-refractivity contribution in [2.45, 2.75) is 45.3 Å². The van der Waals surface area contributed by atoms with Crippen molar-refractivity contribution in [3.8, 4) is 0 Å². The van der Waals surface area contributed by atoms with Crippen molar-refractivity contribution in [2.75, 3.05) is 0 Å². The van der Waals surface area contributed by atoms with Gasteiger partial charge in [-0.2, -0.15) is 0 Å². The molecule has 2 amide bonds. The number of carbonyl (C=O) groups excluding carboxylic acids is 2. The minimum Gasteiger partial charge on any atom is -0.444 e. The quantitative estimate of drug-likeness (QED) is 0.436. The first-order valence-corrected chi connectivity index (χ1v) is 7.03. The largest absolute Gasteiger partial charge is 0.444 e. The number of alkyl carbamates (subject to hydrolysis) is 1. The number of benzene rings is 1. The summed E-state index contributed by atoms with van der Waals surface area (Å²) >= 11 is 0. The van der Waals surface area contributed by atoms with E-state index < -0.39 is 35.3 Å². The number of carbonyl (C=O) groups is 2. The number of hydrogen-bond acceptors (Lipinski definition) is 4. The van der Waals surface area contributed by atoms with Crippen LogP contribution in [0.1, 0.15) is 32.8 Å². The lowest BCUT2D eigenvalue weighted by molar-refractivity contribution is -0.121. The molecule has 0 unspecified atom stereocenters. The SMILES string of the molecule is CC(C)(C)OC(=O)N[C@@H](CC(=O)NN)Cc1cc(F)ccc1F. The average molecular weight is 329 g/mol. The van der Waals surface area contributed by atoms with Crippen LogP contribution in [0.5, 0.6) is 0 Å². The van der Waals surface area contributed by atoms with Gasteiger partial charge in [-0.05, 0) is 51.0 Å². The number of ether oxygens (including phenoxy) is 1. The van der Waals surface area contributed by atoms with Gasteiger partial charge < -0.3 is 10.1 Å². The van der Waals surface area contributed by atoms with Crippen LogP contribution in [0.15, 0.2) is 18.2 Å². The van der Waals surface area contributed by atoms with Gasteiger partial charge in [0.05, 0.1) is 0 Å². The van der Waals surface area contributed by atoms with Crippen LogP contribution in [-0.4, -0.2) is 23.6 Å². The number of hydrogen-bond donors (Lipinski definition) is 3. The summed E-state index contributed by atoms with van der Waals surface area (Å²) in [6.07, 6.45) is -1.05. The zero-order valence-electron chi connectivity index (χ0n) is 13.3. The molecule has 4 N–H and O–H groups in total. The molecule has 0 spiro atoms. The molecule has 23 heavy (non-hydrogen) atoms. The van der Waals surface area contributed by atoms with E-state index in [1.807, 2.05) is 5.43 Å². The van der Waals surface area contributed by atoms with Crippen molar-refractivity contribution in [2.24, 2.45) is 5.84 Å². The third-order valence-corrected chi connectivity index (χ3v) is 2.79. The third-order valence-electron chi connectivity index (χ3n) is 2.79. The highest BCUT2D eigenvalue weighted by Crippen LogP contribution is 2.14. The number of halogens is 2. The molecule has 0 aliphatic carbocycles. The highest BCUT2D eigenvalue weighted by molar-refractivity contribution is 5.77. The van der Waals surface area contributed by atoms with Gasteiger partial charge in [-0.25, -0.2) is 19.4 Å². The van der Waals surface area contributed by atoms with Gasteiger partial charge in [0.15, 0.2) is 0 Å². The van der Waals surface area contributed by atoms with E-state index in [4.69, 9.17) is 10.6 Å². The van der Waals surface area contributed by atoms with Gasteiger partial charge in [-0.15, -0.1) is 0 Å². The third kappa shape index (κ3) is 7.05. The number of rotatable bonds is 5. The molecule has 0 radical (unpaired) electrons. The van der Waals surface area contributed by atoms with E-state index in [2.05, 4.69) is 5.32 Å². The van der Waals surface area contributed by atoms with Gasteiger partial charge >= 0.3 is 6.09 Å². The van der Waals surface area contributed by atoms with Crippen molar-refractivity contribution in [3.63, 3.8) is 0 Å². The Bertz CT molecular complexity index is 574. The average Bonchev–Trinajstić information content (AvgIpc) is 2.40. The van der Waals surface area contributed by atoms with Crippen LogP contribution in [-0.2, 0) is 16.0 Å². The van der Waals surface area contributed by atoms with E-state index in [9.17, 15) is 18.4 Å². The first-order valence-electron chi connectivity index (χ1n) is 7.03. The Kier molecular flexibility index (Phi) is 6.44. The monoisotopic (exact) mass is 329 g/mol. The smallest absolute Gasteiger partial charge is 0.407 e. The Hall–Kier alpha value is -2.22. The molecule has 6 nitrogen and oxygen atoms in total. The molecule has 1 aromatic carbocycles. The first kappa shape index (κ1) is 18.8. The number of nitrogens with two attached hydrogens (primary N) is 1. The number of amides is 2. The summed E-state index contributed by atoms with van der Waals surface area (Å²) in [5.41, 5.74) is 1.24. The van der Waals surface area contributed by atoms with Crippen LogP contribution in [0.2, 0.25) is 0 Å². The lowest BCUT2D eigenvalue weighted by atomic mass is 10.0. The number of nitrogens with one attached hydrogen (secondary N) is 2. The lowest BCUT2D eigenvalue weighted by Crippen LogP contribution is -2.44. The number of hydrazine groups is 1. The van der Waals surface area contributed by atoms with Crippen LogP contribution in [0, 0.1) is 11.6 Å². The maximum atomic E-state index is 13.7. The molecule has 1 aromatic rings. The van der Waals surface area contributed by atoms with Crippen molar-refractivity contribution in [1.82, 2.24) is 10.7 Å². The van der Waals surface area contributed by atoms with E-state index >= 15 is 0 Å². The molecule has 1 atom stereocenters. The van der Waals surface area contributed by atoms with E-state index in [1.165, 1.54) is 0 Å². The van der Waals surface area contributed by atoms with Crippen LogP contribution in [0.25, 0.3) is 0 Å². The predicted octanol–water partition coefficient (Wildman–Crippen LogP) is 1.78. The van der Waals surface area contributed by atoms with Crippen LogP contribution in [0.4, 0.5) is 13.6 Å². The fraction of sp³-hybridized carbons (Fsp3) is 0.467. The molecule has 0 aromatic heterocycles. The van der Waals surface area contributed by atoms with Gasteiger partial charge in [-0.3, -0.25) is 10.2 Å². The highest BCUT2D eigenvalue weighted by Gasteiger charge is 2.22. The molecule has 0 aliphatic heterocycles. The molecule has 0 bridgehead atoms. The Morgan fingerprint density at radius 2 is 1.96 bits per heavy atom. The minimum atomic E-state index is -0.801. The van der Waals surface area contributed by atoms with E-state index in [0.717, 1.165) is 18.2 Å². The molecule has 0 fully saturated rings. The minimum absolute atomic E-state index is 0.0379. The lowest BCUT2D eigenvalue weighted by Gasteiger charge is -2.23. The van der Waals surface area contributed by atoms with Gasteiger partial charge in [0.25, 0.3) is 0 Å². The second kappa shape index (κ2) is 7.87. The first-order chi connectivity index (χ1) is 10.6. The summed E-state index contributed by atoms with van der Waals surface area (Å²) in [6.45, 7) is 5.04. The summed E-state index contributed by atoms with van der Waals surface area (Å²) < 4.78 is 32.0. The Morgan fingerprint density at radius 3 is 2.52 bits per heavy atom. The molecule has 0 saturated heterocycles. The van der Waals surface area contributed by atoms with Gasteiger partial charge in [0, 0.05) is 12.5 Å². The predicted molar refractivity (Wildman–Crippen MR) is 80.2 cm³/mol. The summed E-state index contributed by atoms with van der Waals surface area (Å²) in [5, 5.41) is 2.47. The standard InChI is InChI=1S/C15H21F2N3O3/c1-15(2,3)23-14(22)19-11(8-13(21)20-18)7-9-6-10(16)4-5-12(9)17/h4-6,11H,7-8,18H2,1-3H3,(H,19,22)(H,20,21)/t11-/m1/s1. The van der Waals surface area contributed by atoms with Crippen molar-refractivity contribution in [1.29, 1.82) is 0 Å². The maximum absolute atomic E-state index is 13.7. The van der Waals surface area contributed by atoms with E-state index in [-0.39, 0.29) is 18.4 Å². The van der Waals surface area contributed by atoms with E-state index in [1.54, 1.807) is 20.8 Å². The summed E-state index contributed by atoms with van der Waals surface area (Å²) in [4.78, 5) is 23.3. The van der Waals surface area contributed by atoms with Crippen molar-refractivity contribution in [3.05, 3.63) is 35.4 Å². The molecule has 0 aliphatic rings. The summed E-state index contributed by atoms with van der Waals surface area (Å²) in [5.74, 6) is 3.23. The normalized spacial score (nSPS) is 12.4.